The first-order valence-electron chi connectivity index (χ1n) is 9.88. The maximum absolute atomic E-state index is 12.7. The van der Waals surface area contributed by atoms with Gasteiger partial charge in [0.15, 0.2) is 5.13 Å². The number of β-amino-alcohol motifs (C(OH)–C–C–N with tert-alkyl or cyclic N) is 1. The number of halogens is 1. The summed E-state index contributed by atoms with van der Waals surface area (Å²) in [4.78, 5) is 28.2. The molecule has 3 heterocycles. The molecule has 4 rings (SSSR count). The summed E-state index contributed by atoms with van der Waals surface area (Å²) in [5.74, 6) is 1.57. The maximum atomic E-state index is 12.7. The average molecular weight is 446 g/mol. The van der Waals surface area contributed by atoms with Crippen LogP contribution in [0.5, 0.6) is 0 Å². The lowest BCUT2D eigenvalue weighted by molar-refractivity contribution is 0.103. The van der Waals surface area contributed by atoms with Crippen LogP contribution in [0, 0.1) is 13.8 Å². The lowest BCUT2D eigenvalue weighted by Gasteiger charge is -2.17. The highest BCUT2D eigenvalue weighted by molar-refractivity contribution is 7.17. The normalized spacial score (nSPS) is 16.5. The number of nitrogens with zero attached hydrogens (tertiary/aromatic N) is 4. The van der Waals surface area contributed by atoms with Crippen molar-refractivity contribution >= 4 is 51.3 Å². The van der Waals surface area contributed by atoms with Gasteiger partial charge in [-0.15, -0.1) is 0 Å². The van der Waals surface area contributed by atoms with Gasteiger partial charge in [0.1, 0.15) is 22.3 Å². The number of nitrogens with one attached hydrogen (secondary N) is 2. The fourth-order valence-electron chi connectivity index (χ4n) is 3.18. The van der Waals surface area contributed by atoms with Gasteiger partial charge in [-0.05, 0) is 31.9 Å². The molecule has 0 unspecified atom stereocenters. The molecule has 1 fully saturated rings. The van der Waals surface area contributed by atoms with E-state index in [1.807, 2.05) is 4.90 Å². The van der Waals surface area contributed by atoms with Crippen LogP contribution < -0.4 is 15.5 Å². The number of carbonyl (C=O) groups is 1. The zero-order valence-electron chi connectivity index (χ0n) is 17.4. The highest BCUT2D eigenvalue weighted by atomic mass is 35.5. The minimum absolute atomic E-state index is 0.285. The Morgan fingerprint density at radius 2 is 2.23 bits per heavy atom. The fraction of sp³-hybridized carbons (Fsp3) is 0.300. The zero-order chi connectivity index (χ0) is 22.1. The molecule has 8 nitrogen and oxygen atoms in total. The fourth-order valence-corrected chi connectivity index (χ4v) is 4.16. The Bertz CT molecular complexity index is 1120. The van der Waals surface area contributed by atoms with E-state index in [2.05, 4.69) is 25.6 Å². The van der Waals surface area contributed by atoms with Gasteiger partial charge in [-0.2, -0.15) is 0 Å². The van der Waals surface area contributed by atoms with Gasteiger partial charge in [0, 0.05) is 19.2 Å². The Hall–Kier alpha value is -2.75. The topological polar surface area (TPSA) is 103 Å². The van der Waals surface area contributed by atoms with Crippen LogP contribution in [0.1, 0.15) is 28.9 Å². The lowest BCUT2D eigenvalue weighted by Crippen LogP contribution is -2.22. The van der Waals surface area contributed by atoms with Crippen LogP contribution in [0.25, 0.3) is 0 Å². The molecular weight excluding hydrogens is 424 g/mol. The van der Waals surface area contributed by atoms with Crippen molar-refractivity contribution in [3.8, 4) is 0 Å². The third kappa shape index (κ3) is 4.53. The molecule has 1 atom stereocenters. The van der Waals surface area contributed by atoms with Gasteiger partial charge >= 0.3 is 0 Å². The Labute approximate surface area is 184 Å². The van der Waals surface area contributed by atoms with Crippen LogP contribution in [0.4, 0.5) is 22.5 Å². The minimum Gasteiger partial charge on any atom is -0.391 e. The largest absolute Gasteiger partial charge is 0.391 e. The molecule has 30 heavy (non-hydrogen) atoms. The van der Waals surface area contributed by atoms with E-state index in [9.17, 15) is 9.90 Å². The van der Waals surface area contributed by atoms with Crippen molar-refractivity contribution in [2.75, 3.05) is 28.6 Å². The van der Waals surface area contributed by atoms with Crippen molar-refractivity contribution < 1.29 is 11.3 Å². The van der Waals surface area contributed by atoms with E-state index in [0.717, 1.165) is 12.4 Å². The SMILES string of the molecule is [2H]c1cc(C)c(NC(=O)c2cnc(Nc3cc(N4CC[C@H](O)C4)nc(C)n3)s2)c(Cl)c1. The van der Waals surface area contributed by atoms with Crippen molar-refractivity contribution in [1.29, 1.82) is 0 Å². The van der Waals surface area contributed by atoms with Gasteiger partial charge < -0.3 is 20.6 Å². The van der Waals surface area contributed by atoms with Crippen LogP contribution in [0.3, 0.4) is 0 Å². The second-order valence-electron chi connectivity index (χ2n) is 7.02. The number of hydrogen-bond acceptors (Lipinski definition) is 8. The molecule has 3 N–H and O–H groups in total. The summed E-state index contributed by atoms with van der Waals surface area (Å²) in [5, 5.41) is 16.5. The van der Waals surface area contributed by atoms with Gasteiger partial charge in [-0.1, -0.05) is 35.0 Å². The Balaban J connectivity index is 1.48. The lowest BCUT2D eigenvalue weighted by atomic mass is 10.2. The predicted molar refractivity (Wildman–Crippen MR) is 119 cm³/mol. The molecule has 2 aromatic heterocycles. The summed E-state index contributed by atoms with van der Waals surface area (Å²) >= 11 is 7.36. The quantitative estimate of drug-likeness (QED) is 0.549. The van der Waals surface area contributed by atoms with Crippen LogP contribution in [0.2, 0.25) is 5.02 Å². The number of para-hydroxylation sites is 1. The smallest absolute Gasteiger partial charge is 0.267 e. The van der Waals surface area contributed by atoms with Crippen LogP contribution in [-0.2, 0) is 0 Å². The van der Waals surface area contributed by atoms with Crippen molar-refractivity contribution in [3.63, 3.8) is 0 Å². The van der Waals surface area contributed by atoms with Gasteiger partial charge in [-0.25, -0.2) is 15.0 Å². The first-order valence-corrected chi connectivity index (χ1v) is 10.6. The minimum atomic E-state index is -0.346. The van der Waals surface area contributed by atoms with E-state index in [1.165, 1.54) is 23.6 Å². The first kappa shape index (κ1) is 19.2. The van der Waals surface area contributed by atoms with E-state index < -0.39 is 0 Å². The van der Waals surface area contributed by atoms with Gasteiger partial charge in [0.25, 0.3) is 5.91 Å². The van der Waals surface area contributed by atoms with Gasteiger partial charge in [-0.3, -0.25) is 4.79 Å². The molecular formula is C20H21ClN6O2S. The molecule has 0 aliphatic carbocycles. The summed E-state index contributed by atoms with van der Waals surface area (Å²) in [5.41, 5.74) is 1.19. The molecule has 3 aromatic rings. The van der Waals surface area contributed by atoms with Crippen molar-refractivity contribution in [3.05, 3.63) is 51.7 Å². The second kappa shape index (κ2) is 8.55. The Morgan fingerprint density at radius 1 is 1.40 bits per heavy atom. The molecule has 1 aromatic carbocycles. The molecule has 10 heteroatoms. The van der Waals surface area contributed by atoms with E-state index in [1.54, 1.807) is 26.0 Å². The third-order valence-electron chi connectivity index (χ3n) is 4.66. The number of thiazole rings is 1. The number of hydrogen-bond donors (Lipinski definition) is 3. The second-order valence-corrected chi connectivity index (χ2v) is 8.46. The van der Waals surface area contributed by atoms with E-state index in [-0.39, 0.29) is 18.1 Å². The number of aromatic nitrogens is 3. The van der Waals surface area contributed by atoms with Gasteiger partial charge in [0.05, 0.1) is 24.4 Å². The van der Waals surface area contributed by atoms with E-state index in [4.69, 9.17) is 13.0 Å². The number of aliphatic hydroxyl groups is 1. The van der Waals surface area contributed by atoms with Crippen LogP contribution in [0.15, 0.2) is 30.4 Å². The van der Waals surface area contributed by atoms with Crippen LogP contribution >= 0.6 is 22.9 Å². The third-order valence-corrected chi connectivity index (χ3v) is 5.87. The molecule has 156 valence electrons. The molecule has 0 radical (unpaired) electrons. The number of carbonyl (C=O) groups excluding carboxylic acids is 1. The molecule has 0 saturated carbocycles. The Morgan fingerprint density at radius 3 is 2.97 bits per heavy atom. The highest BCUT2D eigenvalue weighted by Crippen LogP contribution is 2.28. The van der Waals surface area contributed by atoms with Crippen molar-refractivity contribution in [1.82, 2.24) is 15.0 Å². The van der Waals surface area contributed by atoms with E-state index in [0.29, 0.717) is 50.9 Å². The first-order chi connectivity index (χ1) is 14.8. The number of aliphatic hydroxyl groups excluding tert-OH is 1. The summed E-state index contributed by atoms with van der Waals surface area (Å²) in [6.07, 6.45) is 1.85. The van der Waals surface area contributed by atoms with Crippen molar-refractivity contribution in [2.24, 2.45) is 0 Å². The number of rotatable bonds is 5. The monoisotopic (exact) mass is 445 g/mol. The van der Waals surface area contributed by atoms with Crippen LogP contribution in [-0.4, -0.2) is 45.2 Å². The molecule has 1 saturated heterocycles. The predicted octanol–water partition coefficient (Wildman–Crippen LogP) is 3.77. The van der Waals surface area contributed by atoms with E-state index >= 15 is 0 Å². The summed E-state index contributed by atoms with van der Waals surface area (Å²) in [7, 11) is 0. The zero-order valence-corrected chi connectivity index (χ0v) is 18.0. The van der Waals surface area contributed by atoms with Crippen molar-refractivity contribution in [2.45, 2.75) is 26.4 Å². The van der Waals surface area contributed by atoms with Gasteiger partial charge in [0.2, 0.25) is 0 Å². The molecule has 1 aliphatic rings. The average Bonchev–Trinajstić information content (AvgIpc) is 3.33. The number of aryl methyl sites for hydroxylation is 2. The number of amides is 1. The molecule has 1 aliphatic heterocycles. The summed E-state index contributed by atoms with van der Waals surface area (Å²) in [6, 6.07) is 5.21. The molecule has 0 spiro atoms. The summed E-state index contributed by atoms with van der Waals surface area (Å²) < 4.78 is 7.69. The Kier molecular flexibility index (Phi) is 5.48. The number of benzene rings is 1. The molecule has 0 bridgehead atoms. The standard InChI is InChI=1S/C20H21ClN6O2S/c1-11-4-3-5-14(21)18(11)26-19(29)15-9-22-20(30-15)25-16-8-17(24-12(2)23-16)27-7-6-13(28)10-27/h3-5,8-9,13,28H,6-7,10H2,1-2H3,(H,26,29)(H,22,23,24,25)/t13-/m0/s1/i3D. The number of anilines is 4. The maximum Gasteiger partial charge on any atom is 0.267 e. The highest BCUT2D eigenvalue weighted by Gasteiger charge is 2.22. The summed E-state index contributed by atoms with van der Waals surface area (Å²) in [6.45, 7) is 4.87. The molecule has 1 amide bonds.